The molecule has 4 unspecified atom stereocenters. The van der Waals surface area contributed by atoms with Gasteiger partial charge in [-0.15, -0.1) is 0 Å². The highest BCUT2D eigenvalue weighted by Crippen LogP contribution is 2.56. The van der Waals surface area contributed by atoms with Gasteiger partial charge in [-0.1, -0.05) is 18.5 Å². The van der Waals surface area contributed by atoms with Crippen molar-refractivity contribution in [1.82, 2.24) is 9.78 Å². The van der Waals surface area contributed by atoms with E-state index in [1.54, 1.807) is 11.7 Å². The van der Waals surface area contributed by atoms with Gasteiger partial charge < -0.3 is 20.5 Å². The molecule has 2 saturated carbocycles. The SMILES string of the molecule is CCC1OCC2(CC3CC(c4nn(C)c(N)c4C(=O)Nc4ccc(F)c(Cl)c4)C[C@@H]3C2)O1. The van der Waals surface area contributed by atoms with E-state index >= 15 is 0 Å². The van der Waals surface area contributed by atoms with Crippen molar-refractivity contribution in [3.63, 3.8) is 0 Å². The molecule has 2 heterocycles. The molecular formula is C23H28ClFN4O3. The number of nitrogens with one attached hydrogen (secondary N) is 1. The number of carbonyl (C=O) groups excluding carboxylic acids is 1. The van der Waals surface area contributed by atoms with E-state index < -0.39 is 5.82 Å². The average molecular weight is 463 g/mol. The van der Waals surface area contributed by atoms with Gasteiger partial charge in [0, 0.05) is 18.7 Å². The van der Waals surface area contributed by atoms with Crippen LogP contribution < -0.4 is 11.1 Å². The van der Waals surface area contributed by atoms with Crippen molar-refractivity contribution in [3.05, 3.63) is 40.3 Å². The summed E-state index contributed by atoms with van der Waals surface area (Å²) in [4.78, 5) is 13.1. The number of anilines is 2. The summed E-state index contributed by atoms with van der Waals surface area (Å²) in [6.45, 7) is 2.75. The Kier molecular flexibility index (Phi) is 5.42. The van der Waals surface area contributed by atoms with Crippen molar-refractivity contribution in [3.8, 4) is 0 Å². The Morgan fingerprint density at radius 3 is 2.72 bits per heavy atom. The monoisotopic (exact) mass is 462 g/mol. The fraction of sp³-hybridized carbons (Fsp3) is 0.565. The molecule has 172 valence electrons. The Morgan fingerprint density at radius 1 is 1.38 bits per heavy atom. The van der Waals surface area contributed by atoms with Crippen molar-refractivity contribution < 1.29 is 18.7 Å². The smallest absolute Gasteiger partial charge is 0.261 e. The molecule has 3 fully saturated rings. The Morgan fingerprint density at radius 2 is 2.09 bits per heavy atom. The van der Waals surface area contributed by atoms with Gasteiger partial charge in [0.05, 0.1) is 22.9 Å². The molecule has 1 amide bonds. The van der Waals surface area contributed by atoms with E-state index in [1.807, 2.05) is 0 Å². The van der Waals surface area contributed by atoms with Crippen molar-refractivity contribution in [2.45, 2.75) is 56.8 Å². The lowest BCUT2D eigenvalue weighted by Gasteiger charge is -2.23. The Hall–Kier alpha value is -2.16. The van der Waals surface area contributed by atoms with Crippen LogP contribution in [0.15, 0.2) is 18.2 Å². The molecule has 9 heteroatoms. The molecule has 32 heavy (non-hydrogen) atoms. The first-order valence-corrected chi connectivity index (χ1v) is 11.5. The van der Waals surface area contributed by atoms with Crippen LogP contribution in [0.2, 0.25) is 5.02 Å². The summed E-state index contributed by atoms with van der Waals surface area (Å²) in [5.74, 6) is 0.622. The van der Waals surface area contributed by atoms with Crippen LogP contribution in [-0.4, -0.2) is 34.2 Å². The van der Waals surface area contributed by atoms with E-state index in [9.17, 15) is 9.18 Å². The van der Waals surface area contributed by atoms with E-state index in [0.717, 1.165) is 37.8 Å². The maximum Gasteiger partial charge on any atom is 0.261 e. The summed E-state index contributed by atoms with van der Waals surface area (Å²) in [6.07, 6.45) is 4.66. The Balaban J connectivity index is 1.33. The highest BCUT2D eigenvalue weighted by atomic mass is 35.5. The van der Waals surface area contributed by atoms with Gasteiger partial charge in [0.15, 0.2) is 6.29 Å². The minimum Gasteiger partial charge on any atom is -0.383 e. The number of hydrogen-bond acceptors (Lipinski definition) is 5. The molecule has 1 aromatic heterocycles. The molecule has 0 bridgehead atoms. The van der Waals surface area contributed by atoms with Crippen molar-refractivity contribution in [1.29, 1.82) is 0 Å². The van der Waals surface area contributed by atoms with E-state index in [-0.39, 0.29) is 28.7 Å². The third-order valence-corrected chi connectivity index (χ3v) is 7.56. The largest absolute Gasteiger partial charge is 0.383 e. The molecule has 1 spiro atoms. The number of aryl methyl sites for hydroxylation is 1. The van der Waals surface area contributed by atoms with Crippen LogP contribution in [0, 0.1) is 17.7 Å². The average Bonchev–Trinajstić information content (AvgIpc) is 3.48. The van der Waals surface area contributed by atoms with Gasteiger partial charge in [-0.25, -0.2) is 4.39 Å². The van der Waals surface area contributed by atoms with Gasteiger partial charge in [-0.2, -0.15) is 5.10 Å². The summed E-state index contributed by atoms with van der Waals surface area (Å²) in [6, 6.07) is 4.07. The zero-order chi connectivity index (χ0) is 22.6. The highest BCUT2D eigenvalue weighted by Gasteiger charge is 2.54. The van der Waals surface area contributed by atoms with Gasteiger partial charge in [-0.05, 0) is 62.1 Å². The van der Waals surface area contributed by atoms with Crippen molar-refractivity contribution >= 4 is 29.0 Å². The number of nitrogens with zero attached hydrogens (tertiary/aromatic N) is 2. The molecule has 3 aliphatic rings. The second-order valence-electron chi connectivity index (χ2n) is 9.40. The summed E-state index contributed by atoms with van der Waals surface area (Å²) < 4.78 is 27.1. The number of carbonyl (C=O) groups is 1. The zero-order valence-electron chi connectivity index (χ0n) is 18.2. The van der Waals surface area contributed by atoms with E-state index in [4.69, 9.17) is 26.8 Å². The number of nitrogens with two attached hydrogens (primary N) is 1. The van der Waals surface area contributed by atoms with Crippen LogP contribution in [-0.2, 0) is 16.5 Å². The molecule has 2 aromatic rings. The number of amides is 1. The second-order valence-corrected chi connectivity index (χ2v) is 9.81. The van der Waals surface area contributed by atoms with Crippen LogP contribution in [0.3, 0.4) is 0 Å². The van der Waals surface area contributed by atoms with Gasteiger partial charge in [-0.3, -0.25) is 9.48 Å². The topological polar surface area (TPSA) is 91.4 Å². The zero-order valence-corrected chi connectivity index (χ0v) is 19.0. The molecular weight excluding hydrogens is 435 g/mol. The number of ether oxygens (including phenoxy) is 2. The maximum atomic E-state index is 13.5. The van der Waals surface area contributed by atoms with Crippen molar-refractivity contribution in [2.24, 2.45) is 18.9 Å². The lowest BCUT2D eigenvalue weighted by Crippen LogP contribution is -2.29. The molecule has 1 saturated heterocycles. The fourth-order valence-electron chi connectivity index (χ4n) is 5.83. The summed E-state index contributed by atoms with van der Waals surface area (Å²) >= 11 is 5.85. The standard InChI is InChI=1S/C23H28ClFN4O3/c1-3-18-31-11-23(32-18)9-13-6-12(7-14(13)10-23)20-19(21(26)29(2)28-20)22(30)27-15-4-5-17(25)16(24)8-15/h4-5,8,12-14,18H,3,6-7,9-11,26H2,1-2H3,(H,27,30)/t12?,13-,14?,18?,23?/m1/s1. The van der Waals surface area contributed by atoms with E-state index in [1.165, 1.54) is 18.2 Å². The van der Waals surface area contributed by atoms with Gasteiger partial charge in [0.25, 0.3) is 5.91 Å². The van der Waals surface area contributed by atoms with Crippen molar-refractivity contribution in [2.75, 3.05) is 17.7 Å². The molecule has 1 aromatic carbocycles. The normalized spacial score (nSPS) is 31.4. The summed E-state index contributed by atoms with van der Waals surface area (Å²) in [5.41, 5.74) is 7.62. The minimum absolute atomic E-state index is 0.0526. The Labute approximate surface area is 191 Å². The molecule has 2 aliphatic carbocycles. The predicted molar refractivity (Wildman–Crippen MR) is 119 cm³/mol. The molecule has 0 radical (unpaired) electrons. The molecule has 5 atom stereocenters. The molecule has 3 N–H and O–H groups in total. The molecule has 1 aliphatic heterocycles. The molecule has 7 nitrogen and oxygen atoms in total. The third kappa shape index (κ3) is 3.68. The van der Waals surface area contributed by atoms with Crippen LogP contribution in [0.5, 0.6) is 0 Å². The highest BCUT2D eigenvalue weighted by molar-refractivity contribution is 6.31. The first-order chi connectivity index (χ1) is 15.3. The number of rotatable bonds is 4. The lowest BCUT2D eigenvalue weighted by atomic mass is 9.92. The fourth-order valence-corrected chi connectivity index (χ4v) is 6.01. The number of aromatic nitrogens is 2. The Bertz CT molecular complexity index is 1040. The number of nitrogen functional groups attached to an aromatic ring is 1. The second kappa shape index (κ2) is 8.01. The van der Waals surface area contributed by atoms with Crippen LogP contribution in [0.1, 0.15) is 61.0 Å². The van der Waals surface area contributed by atoms with Crippen LogP contribution >= 0.6 is 11.6 Å². The third-order valence-electron chi connectivity index (χ3n) is 7.27. The maximum absolute atomic E-state index is 13.5. The first kappa shape index (κ1) is 21.7. The van der Waals surface area contributed by atoms with Crippen LogP contribution in [0.4, 0.5) is 15.9 Å². The summed E-state index contributed by atoms with van der Waals surface area (Å²) in [7, 11) is 1.74. The number of hydrogen-bond donors (Lipinski definition) is 2. The number of fused-ring (bicyclic) bond motifs is 1. The van der Waals surface area contributed by atoms with E-state index in [2.05, 4.69) is 17.3 Å². The number of halogens is 2. The minimum atomic E-state index is -0.539. The van der Waals surface area contributed by atoms with Gasteiger partial charge in [0.1, 0.15) is 17.2 Å². The lowest BCUT2D eigenvalue weighted by molar-refractivity contribution is -0.0903. The van der Waals surface area contributed by atoms with E-state index in [0.29, 0.717) is 35.5 Å². The van der Waals surface area contributed by atoms with Gasteiger partial charge in [0.2, 0.25) is 0 Å². The van der Waals surface area contributed by atoms with Crippen LogP contribution in [0.25, 0.3) is 0 Å². The molecule has 5 rings (SSSR count). The quantitative estimate of drug-likeness (QED) is 0.699. The first-order valence-electron chi connectivity index (χ1n) is 11.2. The summed E-state index contributed by atoms with van der Waals surface area (Å²) in [5, 5.41) is 7.35. The number of benzene rings is 1. The predicted octanol–water partition coefficient (Wildman–Crippen LogP) is 4.47. The van der Waals surface area contributed by atoms with Gasteiger partial charge >= 0.3 is 0 Å².